The van der Waals surface area contributed by atoms with Gasteiger partial charge in [0.05, 0.1) is 11.4 Å². The minimum Gasteiger partial charge on any atom is -0.325 e. The van der Waals surface area contributed by atoms with Crippen LogP contribution in [0.4, 0.5) is 18.9 Å². The molecule has 0 heterocycles. The molecule has 1 saturated carbocycles. The largest absolute Gasteiger partial charge is 0.341 e. The number of carbonyl (C=O) groups excluding carboxylic acids is 1. The number of nitrogens with one attached hydrogen (secondary N) is 1. The molecule has 0 bridgehead atoms. The van der Waals surface area contributed by atoms with E-state index in [0.717, 1.165) is 25.0 Å². The van der Waals surface area contributed by atoms with E-state index in [1.54, 1.807) is 6.07 Å². The Morgan fingerprint density at radius 3 is 2.38 bits per heavy atom. The SMILES string of the molecule is O=C(CN(Cc1c(F)cccc1Cl)C1CC1)Nc1ccc(S(=O)(=O)C(F)F)cc1. The van der Waals surface area contributed by atoms with Gasteiger partial charge in [-0.25, -0.2) is 12.8 Å². The van der Waals surface area contributed by atoms with Gasteiger partial charge in [-0.15, -0.1) is 0 Å². The molecule has 5 nitrogen and oxygen atoms in total. The molecule has 2 aromatic carbocycles. The lowest BCUT2D eigenvalue weighted by Crippen LogP contribution is -2.34. The van der Waals surface area contributed by atoms with Gasteiger partial charge in [0.2, 0.25) is 15.7 Å². The number of nitrogens with zero attached hydrogens (tertiary/aromatic N) is 1. The molecule has 0 aliphatic heterocycles. The molecule has 1 amide bonds. The van der Waals surface area contributed by atoms with Gasteiger partial charge >= 0.3 is 5.76 Å². The zero-order valence-electron chi connectivity index (χ0n) is 15.1. The van der Waals surface area contributed by atoms with Gasteiger partial charge in [0.25, 0.3) is 0 Å². The van der Waals surface area contributed by atoms with Gasteiger partial charge < -0.3 is 5.32 Å². The first kappa shape index (κ1) is 21.6. The Bertz CT molecular complexity index is 976. The quantitative estimate of drug-likeness (QED) is 0.663. The van der Waals surface area contributed by atoms with Gasteiger partial charge in [0.1, 0.15) is 5.82 Å². The molecule has 0 atom stereocenters. The number of anilines is 1. The molecule has 0 saturated heterocycles. The van der Waals surface area contributed by atoms with Crippen molar-refractivity contribution >= 4 is 33.0 Å². The second-order valence-electron chi connectivity index (χ2n) is 6.71. The first-order valence-corrected chi connectivity index (χ1v) is 10.7. The summed E-state index contributed by atoms with van der Waals surface area (Å²) in [7, 11) is -4.69. The third-order valence-electron chi connectivity index (χ3n) is 4.53. The predicted molar refractivity (Wildman–Crippen MR) is 103 cm³/mol. The van der Waals surface area contributed by atoms with Crippen molar-refractivity contribution in [3.05, 3.63) is 58.9 Å². The molecule has 2 aromatic rings. The summed E-state index contributed by atoms with van der Waals surface area (Å²) in [4.78, 5) is 13.7. The molecule has 29 heavy (non-hydrogen) atoms. The molecular formula is C19H18ClF3N2O3S. The number of alkyl halides is 2. The average Bonchev–Trinajstić information content (AvgIpc) is 3.49. The summed E-state index contributed by atoms with van der Waals surface area (Å²) in [5, 5.41) is 2.87. The first-order valence-electron chi connectivity index (χ1n) is 8.77. The molecular weight excluding hydrogens is 429 g/mol. The highest BCUT2D eigenvalue weighted by molar-refractivity contribution is 7.91. The van der Waals surface area contributed by atoms with E-state index in [1.165, 1.54) is 24.3 Å². The van der Waals surface area contributed by atoms with Crippen LogP contribution in [0.25, 0.3) is 0 Å². The average molecular weight is 447 g/mol. The van der Waals surface area contributed by atoms with Crippen molar-refractivity contribution in [2.45, 2.75) is 36.1 Å². The lowest BCUT2D eigenvalue weighted by molar-refractivity contribution is -0.117. The molecule has 1 aliphatic rings. The van der Waals surface area contributed by atoms with E-state index < -0.39 is 32.2 Å². The molecule has 0 spiro atoms. The van der Waals surface area contributed by atoms with Crippen LogP contribution in [0.3, 0.4) is 0 Å². The number of amides is 1. The minimum atomic E-state index is -4.69. The highest BCUT2D eigenvalue weighted by Crippen LogP contribution is 2.30. The summed E-state index contributed by atoms with van der Waals surface area (Å²) in [5.74, 6) is -4.35. The van der Waals surface area contributed by atoms with E-state index in [-0.39, 0.29) is 29.8 Å². The number of benzene rings is 2. The highest BCUT2D eigenvalue weighted by atomic mass is 35.5. The van der Waals surface area contributed by atoms with Crippen LogP contribution in [-0.2, 0) is 21.2 Å². The van der Waals surface area contributed by atoms with Crippen LogP contribution in [0.2, 0.25) is 5.02 Å². The number of carbonyl (C=O) groups is 1. The van der Waals surface area contributed by atoms with Crippen molar-refractivity contribution in [3.8, 4) is 0 Å². The number of hydrogen-bond donors (Lipinski definition) is 1. The Kier molecular flexibility index (Phi) is 6.50. The molecule has 10 heteroatoms. The molecule has 1 aliphatic carbocycles. The molecule has 1 N–H and O–H groups in total. The maximum Gasteiger partial charge on any atom is 0.341 e. The van der Waals surface area contributed by atoms with Gasteiger partial charge in [-0.2, -0.15) is 8.78 Å². The van der Waals surface area contributed by atoms with Gasteiger partial charge in [-0.1, -0.05) is 17.7 Å². The number of sulfone groups is 1. The Morgan fingerprint density at radius 1 is 1.17 bits per heavy atom. The summed E-state index contributed by atoms with van der Waals surface area (Å²) in [6, 6.07) is 9.04. The number of hydrogen-bond acceptors (Lipinski definition) is 4. The predicted octanol–water partition coefficient (Wildman–Crippen LogP) is 4.08. The molecule has 156 valence electrons. The molecule has 3 rings (SSSR count). The van der Waals surface area contributed by atoms with Gasteiger partial charge in [0.15, 0.2) is 0 Å². The van der Waals surface area contributed by atoms with E-state index in [4.69, 9.17) is 11.6 Å². The Labute approximate surface area is 171 Å². The normalized spacial score (nSPS) is 14.4. The van der Waals surface area contributed by atoms with Crippen molar-refractivity contribution in [1.82, 2.24) is 4.90 Å². The third kappa shape index (κ3) is 5.29. The lowest BCUT2D eigenvalue weighted by Gasteiger charge is -2.22. The van der Waals surface area contributed by atoms with Crippen LogP contribution >= 0.6 is 11.6 Å². The summed E-state index contributed by atoms with van der Waals surface area (Å²) in [6.45, 7) is 0.154. The summed E-state index contributed by atoms with van der Waals surface area (Å²) in [6.07, 6.45) is 1.78. The van der Waals surface area contributed by atoms with E-state index >= 15 is 0 Å². The van der Waals surface area contributed by atoms with Gasteiger partial charge in [-0.3, -0.25) is 9.69 Å². The number of rotatable bonds is 8. The summed E-state index contributed by atoms with van der Waals surface area (Å²) >= 11 is 6.07. The second-order valence-corrected chi connectivity index (χ2v) is 9.04. The van der Waals surface area contributed by atoms with Crippen molar-refractivity contribution in [3.63, 3.8) is 0 Å². The van der Waals surface area contributed by atoms with Crippen LogP contribution in [0, 0.1) is 5.82 Å². The van der Waals surface area contributed by atoms with Crippen molar-refractivity contribution in [2.24, 2.45) is 0 Å². The lowest BCUT2D eigenvalue weighted by atomic mass is 10.2. The van der Waals surface area contributed by atoms with E-state index in [9.17, 15) is 26.4 Å². The molecule has 0 aromatic heterocycles. The van der Waals surface area contributed by atoms with Gasteiger partial charge in [0, 0.05) is 28.9 Å². The van der Waals surface area contributed by atoms with Crippen LogP contribution < -0.4 is 5.32 Å². The fraction of sp³-hybridized carbons (Fsp3) is 0.316. The second kappa shape index (κ2) is 8.73. The minimum absolute atomic E-state index is 0.0214. The maximum atomic E-state index is 14.1. The highest BCUT2D eigenvalue weighted by Gasteiger charge is 2.31. The van der Waals surface area contributed by atoms with E-state index in [2.05, 4.69) is 5.32 Å². The molecule has 1 fully saturated rings. The molecule has 0 unspecified atom stereocenters. The fourth-order valence-corrected chi connectivity index (χ4v) is 3.80. The van der Waals surface area contributed by atoms with Gasteiger partial charge in [-0.05, 0) is 49.2 Å². The fourth-order valence-electron chi connectivity index (χ4n) is 2.86. The van der Waals surface area contributed by atoms with Crippen molar-refractivity contribution in [2.75, 3.05) is 11.9 Å². The zero-order valence-corrected chi connectivity index (χ0v) is 16.7. The van der Waals surface area contributed by atoms with E-state index in [1.807, 2.05) is 4.90 Å². The van der Waals surface area contributed by atoms with Crippen molar-refractivity contribution < 1.29 is 26.4 Å². The topological polar surface area (TPSA) is 66.5 Å². The first-order chi connectivity index (χ1) is 13.7. The third-order valence-corrected chi connectivity index (χ3v) is 6.29. The number of halogens is 4. The van der Waals surface area contributed by atoms with Crippen LogP contribution in [-0.4, -0.2) is 37.6 Å². The van der Waals surface area contributed by atoms with E-state index in [0.29, 0.717) is 5.56 Å². The zero-order chi connectivity index (χ0) is 21.2. The Morgan fingerprint density at radius 2 is 1.83 bits per heavy atom. The maximum absolute atomic E-state index is 14.1. The standard InChI is InChI=1S/C19H18ClF3N2O3S/c20-16-2-1-3-17(21)15(16)10-25(13-6-7-13)11-18(26)24-12-4-8-14(9-5-12)29(27,28)19(22)23/h1-5,8-9,13,19H,6-7,10-11H2,(H,24,26). The van der Waals surface area contributed by atoms with Crippen LogP contribution in [0.1, 0.15) is 18.4 Å². The van der Waals surface area contributed by atoms with Crippen LogP contribution in [0.15, 0.2) is 47.4 Å². The molecule has 0 radical (unpaired) electrons. The summed E-state index contributed by atoms with van der Waals surface area (Å²) < 4.78 is 62.1. The monoisotopic (exact) mass is 446 g/mol. The van der Waals surface area contributed by atoms with Crippen molar-refractivity contribution in [1.29, 1.82) is 0 Å². The summed E-state index contributed by atoms with van der Waals surface area (Å²) in [5.41, 5.74) is 0.582. The smallest absolute Gasteiger partial charge is 0.325 e. The Hall–Kier alpha value is -2.10. The Balaban J connectivity index is 1.66. The van der Waals surface area contributed by atoms with Crippen LogP contribution in [0.5, 0.6) is 0 Å².